The Morgan fingerprint density at radius 3 is 2.80 bits per heavy atom. The Morgan fingerprint density at radius 2 is 2.27 bits per heavy atom. The number of thiol groups is 1. The minimum Gasteiger partial charge on any atom is -0.397 e. The van der Waals surface area contributed by atoms with Crippen molar-refractivity contribution < 1.29 is 0 Å². The molecule has 0 radical (unpaired) electrons. The first-order chi connectivity index (χ1) is 7.10. The molecule has 1 aliphatic rings. The van der Waals surface area contributed by atoms with E-state index in [0.29, 0.717) is 17.1 Å². The number of nitrogens with two attached hydrogens (primary N) is 1. The number of nitrogens with zero attached hydrogens (tertiary/aromatic N) is 1. The third-order valence-corrected chi connectivity index (χ3v) is 2.63. The van der Waals surface area contributed by atoms with Crippen LogP contribution in [0.15, 0.2) is 39.1 Å². The van der Waals surface area contributed by atoms with Crippen LogP contribution in [0, 0.1) is 5.41 Å². The second kappa shape index (κ2) is 5.23. The summed E-state index contributed by atoms with van der Waals surface area (Å²) in [5.74, 6) is 0.760. The summed E-state index contributed by atoms with van der Waals surface area (Å²) in [4.78, 5) is 0. The van der Waals surface area contributed by atoms with E-state index in [4.69, 9.17) is 11.1 Å². The number of nitrogens with one attached hydrogen (secondary N) is 1. The average molecular weight is 239 g/mol. The summed E-state index contributed by atoms with van der Waals surface area (Å²) in [5, 5.41) is 7.79. The van der Waals surface area contributed by atoms with Gasteiger partial charge in [-0.15, -0.1) is 0 Å². The van der Waals surface area contributed by atoms with Gasteiger partial charge in [0.2, 0.25) is 0 Å². The van der Waals surface area contributed by atoms with E-state index < -0.39 is 0 Å². The molecule has 1 aliphatic carbocycles. The highest BCUT2D eigenvalue weighted by Crippen LogP contribution is 2.22. The summed E-state index contributed by atoms with van der Waals surface area (Å²) < 4.78 is 3.66. The predicted molar refractivity (Wildman–Crippen MR) is 69.0 cm³/mol. The van der Waals surface area contributed by atoms with Crippen molar-refractivity contribution in [3.05, 3.63) is 34.7 Å². The van der Waals surface area contributed by atoms with E-state index in [-0.39, 0.29) is 0 Å². The van der Waals surface area contributed by atoms with Crippen LogP contribution in [-0.4, -0.2) is 11.5 Å². The van der Waals surface area contributed by atoms with Crippen molar-refractivity contribution >= 4 is 30.8 Å². The fraction of sp³-hybridized carbons (Fsp3) is 0.300. The van der Waals surface area contributed by atoms with E-state index in [1.807, 2.05) is 6.92 Å². The van der Waals surface area contributed by atoms with Crippen molar-refractivity contribution in [2.24, 2.45) is 10.1 Å². The van der Waals surface area contributed by atoms with Crippen LogP contribution in [-0.2, 0) is 12.4 Å². The zero-order valence-electron chi connectivity index (χ0n) is 8.45. The molecule has 0 atom stereocenters. The Hall–Kier alpha value is -0.940. The second-order valence-electron chi connectivity index (χ2n) is 3.30. The molecular weight excluding hydrogens is 226 g/mol. The van der Waals surface area contributed by atoms with Crippen LogP contribution in [0.2, 0.25) is 0 Å². The van der Waals surface area contributed by atoms with Gasteiger partial charge >= 0.3 is 0 Å². The van der Waals surface area contributed by atoms with Crippen LogP contribution < -0.4 is 5.73 Å². The van der Waals surface area contributed by atoms with Gasteiger partial charge in [0.1, 0.15) is 5.70 Å². The van der Waals surface area contributed by atoms with Crippen molar-refractivity contribution in [2.75, 3.05) is 5.75 Å². The van der Waals surface area contributed by atoms with Gasteiger partial charge in [0, 0.05) is 18.0 Å². The van der Waals surface area contributed by atoms with E-state index in [2.05, 4.69) is 29.4 Å². The number of hydrogen-bond donors (Lipinski definition) is 3. The Labute approximate surface area is 100 Å². The lowest BCUT2D eigenvalue weighted by Crippen LogP contribution is -2.12. The minimum absolute atomic E-state index is 0.411. The summed E-state index contributed by atoms with van der Waals surface area (Å²) in [7, 11) is 0. The molecule has 0 aromatic heterocycles. The van der Waals surface area contributed by atoms with Gasteiger partial charge < -0.3 is 11.1 Å². The Bertz CT molecular complexity index is 391. The molecule has 0 saturated heterocycles. The van der Waals surface area contributed by atoms with Gasteiger partial charge in [-0.2, -0.15) is 17.0 Å². The molecule has 80 valence electrons. The first-order valence-electron chi connectivity index (χ1n) is 4.52. The van der Waals surface area contributed by atoms with Gasteiger partial charge in [-0.25, -0.2) is 0 Å². The van der Waals surface area contributed by atoms with Crippen molar-refractivity contribution in [1.82, 2.24) is 0 Å². The highest BCUT2D eigenvalue weighted by atomic mass is 32.1. The minimum atomic E-state index is 0.411. The van der Waals surface area contributed by atoms with E-state index in [9.17, 15) is 0 Å². The van der Waals surface area contributed by atoms with E-state index in [1.165, 1.54) is 0 Å². The topological polar surface area (TPSA) is 62.2 Å². The third kappa shape index (κ3) is 2.76. The molecular formula is C10H13N3S2. The van der Waals surface area contributed by atoms with Gasteiger partial charge in [-0.05, 0) is 31.2 Å². The Balaban J connectivity index is 3.13. The quantitative estimate of drug-likeness (QED) is 0.661. The van der Waals surface area contributed by atoms with Crippen LogP contribution >= 0.6 is 12.6 Å². The Kier molecular flexibility index (Phi) is 4.23. The zero-order chi connectivity index (χ0) is 11.4. The lowest BCUT2D eigenvalue weighted by atomic mass is 9.96. The van der Waals surface area contributed by atoms with Crippen molar-refractivity contribution in [3.8, 4) is 0 Å². The van der Waals surface area contributed by atoms with Crippen LogP contribution in [0.4, 0.5) is 0 Å². The maximum atomic E-state index is 7.79. The molecule has 0 aromatic rings. The predicted octanol–water partition coefficient (Wildman–Crippen LogP) is 2.11. The molecule has 0 aromatic carbocycles. The maximum absolute atomic E-state index is 7.79. The maximum Gasteiger partial charge on any atom is 0.101 e. The van der Waals surface area contributed by atoms with E-state index in [1.54, 1.807) is 12.2 Å². The van der Waals surface area contributed by atoms with Gasteiger partial charge in [-0.1, -0.05) is 5.57 Å². The molecule has 0 spiro atoms. The highest BCUT2D eigenvalue weighted by Gasteiger charge is 2.14. The molecule has 1 rings (SSSR count). The largest absolute Gasteiger partial charge is 0.397 e. The zero-order valence-corrected chi connectivity index (χ0v) is 10.2. The molecule has 0 amide bonds. The molecule has 15 heavy (non-hydrogen) atoms. The van der Waals surface area contributed by atoms with Gasteiger partial charge in [-0.3, -0.25) is 0 Å². The van der Waals surface area contributed by atoms with Crippen LogP contribution in [0.5, 0.6) is 0 Å². The van der Waals surface area contributed by atoms with Gasteiger partial charge in [0.15, 0.2) is 0 Å². The normalized spacial score (nSPS) is 19.5. The highest BCUT2D eigenvalue weighted by molar-refractivity contribution is 7.80. The van der Waals surface area contributed by atoms with E-state index in [0.717, 1.165) is 23.3 Å². The van der Waals surface area contributed by atoms with Gasteiger partial charge in [0.25, 0.3) is 0 Å². The molecule has 0 unspecified atom stereocenters. The molecule has 5 heteroatoms. The fourth-order valence-corrected chi connectivity index (χ4v) is 1.83. The molecule has 3 N–H and O–H groups in total. The molecule has 3 nitrogen and oxygen atoms in total. The fourth-order valence-electron chi connectivity index (χ4n) is 1.34. The standard InChI is InChI=1S/C10H13N3S2/c1-6(2-3-14)7-4-10(13-15)9(12)5-8(7)11/h4-5,11,14H,2-3,12H2,1H3/b7-6-,11-8?. The second-order valence-corrected chi connectivity index (χ2v) is 3.93. The SMILES string of the molecule is C/C(CCS)=C1\C=C(N=S)C(N)=CC1=N. The van der Waals surface area contributed by atoms with Crippen molar-refractivity contribution in [1.29, 1.82) is 5.41 Å². The lowest BCUT2D eigenvalue weighted by Gasteiger charge is -2.13. The monoisotopic (exact) mass is 239 g/mol. The molecule has 0 heterocycles. The number of hydrogen-bond acceptors (Lipinski definition) is 5. The van der Waals surface area contributed by atoms with Gasteiger partial charge in [0.05, 0.1) is 11.4 Å². The first-order valence-corrected chi connectivity index (χ1v) is 5.52. The summed E-state index contributed by atoms with van der Waals surface area (Å²) >= 11 is 8.78. The molecule has 0 bridgehead atoms. The Morgan fingerprint density at radius 1 is 1.60 bits per heavy atom. The summed E-state index contributed by atoms with van der Waals surface area (Å²) in [6, 6.07) is 0. The molecule has 0 aliphatic heterocycles. The summed E-state index contributed by atoms with van der Waals surface area (Å²) in [6.07, 6.45) is 4.20. The summed E-state index contributed by atoms with van der Waals surface area (Å²) in [5.41, 5.74) is 9.06. The molecule has 0 fully saturated rings. The first kappa shape index (κ1) is 12.1. The van der Waals surface area contributed by atoms with Crippen LogP contribution in [0.1, 0.15) is 13.3 Å². The van der Waals surface area contributed by atoms with Crippen molar-refractivity contribution in [3.63, 3.8) is 0 Å². The molecule has 0 saturated carbocycles. The van der Waals surface area contributed by atoms with Crippen LogP contribution in [0.25, 0.3) is 0 Å². The lowest BCUT2D eigenvalue weighted by molar-refractivity contribution is 1.10. The van der Waals surface area contributed by atoms with E-state index >= 15 is 0 Å². The summed E-state index contributed by atoms with van der Waals surface area (Å²) in [6.45, 7) is 1.98. The smallest absolute Gasteiger partial charge is 0.101 e. The van der Waals surface area contributed by atoms with Crippen molar-refractivity contribution in [2.45, 2.75) is 13.3 Å². The average Bonchev–Trinajstić information content (AvgIpc) is 2.18. The third-order valence-electron chi connectivity index (χ3n) is 2.21. The number of rotatable bonds is 3. The van der Waals surface area contributed by atoms with Crippen LogP contribution in [0.3, 0.4) is 0 Å². The number of allylic oxidation sites excluding steroid dienone is 4.